The minimum Gasteiger partial charge on any atom is -0.326 e. The molecule has 3 aromatic carbocycles. The van der Waals surface area contributed by atoms with Crippen LogP contribution in [0.3, 0.4) is 0 Å². The fourth-order valence-corrected chi connectivity index (χ4v) is 4.16. The number of nitrogens with zero attached hydrogens (tertiary/aromatic N) is 3. The summed E-state index contributed by atoms with van der Waals surface area (Å²) in [5.74, 6) is -0.243. The molecule has 6 nitrogen and oxygen atoms in total. The third-order valence-electron chi connectivity index (χ3n) is 5.72. The lowest BCUT2D eigenvalue weighted by molar-refractivity contribution is -0.129. The Bertz CT molecular complexity index is 1340. The Morgan fingerprint density at radius 1 is 0.969 bits per heavy atom. The number of rotatable bonds is 4. The fourth-order valence-electron chi connectivity index (χ4n) is 4.16. The Morgan fingerprint density at radius 3 is 2.53 bits per heavy atom. The van der Waals surface area contributed by atoms with Crippen molar-refractivity contribution in [1.82, 2.24) is 14.7 Å². The van der Waals surface area contributed by atoms with Crippen molar-refractivity contribution in [3.63, 3.8) is 0 Å². The van der Waals surface area contributed by atoms with Crippen molar-refractivity contribution in [2.75, 3.05) is 5.32 Å². The molecule has 0 bridgehead atoms. The maximum absolute atomic E-state index is 12.9. The molecule has 32 heavy (non-hydrogen) atoms. The van der Waals surface area contributed by atoms with Gasteiger partial charge in [0.1, 0.15) is 0 Å². The van der Waals surface area contributed by atoms with Crippen LogP contribution in [0, 0.1) is 0 Å². The molecule has 0 aliphatic carbocycles. The quantitative estimate of drug-likeness (QED) is 0.507. The highest BCUT2D eigenvalue weighted by Crippen LogP contribution is 2.33. The van der Waals surface area contributed by atoms with E-state index in [4.69, 9.17) is 0 Å². The standard InChI is InChI=1S/C26H22N4O2/c1-18(31)29-15-14-19-6-2-4-8-23(19)25(29)16-26(32)28-21-10-12-22(13-11-21)30-24-9-5-3-7-20(24)17-27-30/h2-15,17,25H,16H2,1H3,(H,28,32)/t25-/m1/s1. The van der Waals surface area contributed by atoms with E-state index < -0.39 is 0 Å². The number of anilines is 1. The van der Waals surface area contributed by atoms with E-state index in [2.05, 4.69) is 10.4 Å². The Labute approximate surface area is 185 Å². The molecule has 2 amide bonds. The Balaban J connectivity index is 1.33. The fraction of sp³-hybridized carbons (Fsp3) is 0.115. The Kier molecular flexibility index (Phi) is 5.03. The normalized spacial score (nSPS) is 14.9. The second-order valence-electron chi connectivity index (χ2n) is 7.80. The summed E-state index contributed by atoms with van der Waals surface area (Å²) in [6.07, 6.45) is 5.67. The largest absolute Gasteiger partial charge is 0.326 e. The molecule has 0 saturated heterocycles. The molecule has 1 aliphatic rings. The third kappa shape index (κ3) is 3.67. The lowest BCUT2D eigenvalue weighted by Gasteiger charge is -2.32. The van der Waals surface area contributed by atoms with Gasteiger partial charge in [-0.2, -0.15) is 5.10 Å². The van der Waals surface area contributed by atoms with E-state index in [0.29, 0.717) is 5.69 Å². The van der Waals surface area contributed by atoms with E-state index >= 15 is 0 Å². The molecule has 158 valence electrons. The molecule has 1 atom stereocenters. The first-order valence-corrected chi connectivity index (χ1v) is 10.5. The van der Waals surface area contributed by atoms with Gasteiger partial charge in [-0.1, -0.05) is 42.5 Å². The first-order chi connectivity index (χ1) is 15.6. The van der Waals surface area contributed by atoms with Crippen molar-refractivity contribution in [2.24, 2.45) is 0 Å². The predicted molar refractivity (Wildman–Crippen MR) is 125 cm³/mol. The minimum absolute atomic E-state index is 0.0932. The van der Waals surface area contributed by atoms with E-state index in [0.717, 1.165) is 27.7 Å². The summed E-state index contributed by atoms with van der Waals surface area (Å²) in [5, 5.41) is 8.49. The number of para-hydroxylation sites is 1. The summed E-state index contributed by atoms with van der Waals surface area (Å²) >= 11 is 0. The van der Waals surface area contributed by atoms with Gasteiger partial charge in [-0.3, -0.25) is 9.59 Å². The number of carbonyl (C=O) groups excluding carboxylic acids is 2. The van der Waals surface area contributed by atoms with Gasteiger partial charge in [0.25, 0.3) is 0 Å². The number of fused-ring (bicyclic) bond motifs is 2. The van der Waals surface area contributed by atoms with Crippen LogP contribution in [-0.4, -0.2) is 26.5 Å². The summed E-state index contributed by atoms with van der Waals surface area (Å²) in [6, 6.07) is 23.1. The zero-order chi connectivity index (χ0) is 22.1. The van der Waals surface area contributed by atoms with Gasteiger partial charge >= 0.3 is 0 Å². The van der Waals surface area contributed by atoms with Gasteiger partial charge in [0.15, 0.2) is 0 Å². The van der Waals surface area contributed by atoms with Gasteiger partial charge in [-0.25, -0.2) is 4.68 Å². The Morgan fingerprint density at radius 2 is 1.72 bits per heavy atom. The van der Waals surface area contributed by atoms with Crippen LogP contribution in [0.25, 0.3) is 22.7 Å². The number of hydrogen-bond donors (Lipinski definition) is 1. The Hall–Kier alpha value is -4.19. The third-order valence-corrected chi connectivity index (χ3v) is 5.72. The highest BCUT2D eigenvalue weighted by Gasteiger charge is 2.28. The predicted octanol–water partition coefficient (Wildman–Crippen LogP) is 4.93. The number of amides is 2. The van der Waals surface area contributed by atoms with Crippen LogP contribution in [0.4, 0.5) is 5.69 Å². The molecule has 2 heterocycles. The van der Waals surface area contributed by atoms with Crippen molar-refractivity contribution < 1.29 is 9.59 Å². The van der Waals surface area contributed by atoms with Crippen LogP contribution in [0.2, 0.25) is 0 Å². The molecule has 0 fully saturated rings. The van der Waals surface area contributed by atoms with E-state index in [9.17, 15) is 9.59 Å². The zero-order valence-electron chi connectivity index (χ0n) is 17.6. The maximum atomic E-state index is 12.9. The highest BCUT2D eigenvalue weighted by molar-refractivity contribution is 5.92. The molecule has 1 aliphatic heterocycles. The number of benzene rings is 3. The molecule has 4 aromatic rings. The zero-order valence-corrected chi connectivity index (χ0v) is 17.6. The average Bonchev–Trinajstić information content (AvgIpc) is 3.24. The van der Waals surface area contributed by atoms with Gasteiger partial charge in [-0.05, 0) is 47.5 Å². The summed E-state index contributed by atoms with van der Waals surface area (Å²) in [5.41, 5.74) is 4.64. The summed E-state index contributed by atoms with van der Waals surface area (Å²) in [6.45, 7) is 1.51. The van der Waals surface area contributed by atoms with Crippen LogP contribution in [0.15, 0.2) is 85.2 Å². The molecule has 6 heteroatoms. The van der Waals surface area contributed by atoms with Crippen LogP contribution in [0.1, 0.15) is 30.5 Å². The molecular weight excluding hydrogens is 400 g/mol. The van der Waals surface area contributed by atoms with Gasteiger partial charge in [-0.15, -0.1) is 0 Å². The van der Waals surface area contributed by atoms with E-state index in [1.165, 1.54) is 6.92 Å². The topological polar surface area (TPSA) is 67.2 Å². The molecule has 1 N–H and O–H groups in total. The van der Waals surface area contributed by atoms with Crippen molar-refractivity contribution in [1.29, 1.82) is 0 Å². The SMILES string of the molecule is CC(=O)N1C=Cc2ccccc2[C@H]1CC(=O)Nc1ccc(-n2ncc3ccccc32)cc1. The van der Waals surface area contributed by atoms with Gasteiger partial charge in [0, 0.05) is 24.2 Å². The second-order valence-corrected chi connectivity index (χ2v) is 7.80. The molecule has 0 unspecified atom stereocenters. The molecule has 1 aromatic heterocycles. The van der Waals surface area contributed by atoms with Crippen molar-refractivity contribution in [3.05, 3.63) is 96.3 Å². The molecule has 0 saturated carbocycles. The monoisotopic (exact) mass is 422 g/mol. The smallest absolute Gasteiger partial charge is 0.226 e. The first-order valence-electron chi connectivity index (χ1n) is 10.5. The van der Waals surface area contributed by atoms with Crippen molar-refractivity contribution >= 4 is 34.5 Å². The van der Waals surface area contributed by atoms with E-state index in [1.807, 2.05) is 89.8 Å². The average molecular weight is 422 g/mol. The number of aromatic nitrogens is 2. The lowest BCUT2D eigenvalue weighted by atomic mass is 9.93. The lowest BCUT2D eigenvalue weighted by Crippen LogP contribution is -2.33. The van der Waals surface area contributed by atoms with Gasteiger partial charge < -0.3 is 10.2 Å². The molecule has 0 radical (unpaired) electrons. The molecular formula is C26H22N4O2. The number of hydrogen-bond acceptors (Lipinski definition) is 3. The molecule has 5 rings (SSSR count). The van der Waals surface area contributed by atoms with Gasteiger partial charge in [0.2, 0.25) is 11.8 Å². The van der Waals surface area contributed by atoms with Crippen molar-refractivity contribution in [2.45, 2.75) is 19.4 Å². The van der Waals surface area contributed by atoms with Crippen LogP contribution >= 0.6 is 0 Å². The van der Waals surface area contributed by atoms with Crippen molar-refractivity contribution in [3.8, 4) is 5.69 Å². The van der Waals surface area contributed by atoms with Crippen LogP contribution in [-0.2, 0) is 9.59 Å². The minimum atomic E-state index is -0.330. The van der Waals surface area contributed by atoms with E-state index in [1.54, 1.807) is 11.1 Å². The highest BCUT2D eigenvalue weighted by atomic mass is 16.2. The first kappa shape index (κ1) is 19.8. The van der Waals surface area contributed by atoms with Gasteiger partial charge in [0.05, 0.1) is 29.9 Å². The number of carbonyl (C=O) groups is 2. The second kappa shape index (κ2) is 8.15. The molecule has 0 spiro atoms. The summed E-state index contributed by atoms with van der Waals surface area (Å²) in [4.78, 5) is 26.6. The van der Waals surface area contributed by atoms with Crippen LogP contribution in [0.5, 0.6) is 0 Å². The summed E-state index contributed by atoms with van der Waals surface area (Å²) < 4.78 is 1.87. The van der Waals surface area contributed by atoms with Crippen LogP contribution < -0.4 is 5.32 Å². The number of nitrogens with one attached hydrogen (secondary N) is 1. The summed E-state index contributed by atoms with van der Waals surface area (Å²) in [7, 11) is 0. The van der Waals surface area contributed by atoms with E-state index in [-0.39, 0.29) is 24.3 Å². The maximum Gasteiger partial charge on any atom is 0.226 e.